The molecule has 0 N–H and O–H groups in total. The van der Waals surface area contributed by atoms with Crippen molar-refractivity contribution >= 4 is 0 Å². The third kappa shape index (κ3) is 4.59. The first-order valence-electron chi connectivity index (χ1n) is 5.27. The highest BCUT2D eigenvalue weighted by molar-refractivity contribution is 5.14. The third-order valence-electron chi connectivity index (χ3n) is 2.24. The van der Waals surface area contributed by atoms with Crippen molar-refractivity contribution in [2.24, 2.45) is 5.92 Å². The van der Waals surface area contributed by atoms with Crippen LogP contribution in [0.3, 0.4) is 0 Å². The predicted octanol–water partition coefficient (Wildman–Crippen LogP) is 2.30. The second-order valence-electron chi connectivity index (χ2n) is 3.45. The van der Waals surface area contributed by atoms with Crippen molar-refractivity contribution in [1.82, 2.24) is 0 Å². The first-order valence-corrected chi connectivity index (χ1v) is 5.27. The van der Waals surface area contributed by atoms with Crippen LogP contribution in [-0.2, 0) is 11.2 Å². The van der Waals surface area contributed by atoms with Crippen LogP contribution in [0.5, 0.6) is 0 Å². The molecule has 0 saturated carbocycles. The topological polar surface area (TPSA) is 56.8 Å². The lowest BCUT2D eigenvalue weighted by molar-refractivity contribution is 0.131. The first-order chi connectivity index (χ1) is 7.86. The van der Waals surface area contributed by atoms with Crippen LogP contribution in [-0.4, -0.2) is 13.2 Å². The predicted molar refractivity (Wildman–Crippen MR) is 60.3 cm³/mol. The zero-order valence-corrected chi connectivity index (χ0v) is 9.10. The van der Waals surface area contributed by atoms with Gasteiger partial charge in [0.1, 0.15) is 5.92 Å². The minimum Gasteiger partial charge on any atom is -0.381 e. The molecule has 0 fully saturated rings. The lowest BCUT2D eigenvalue weighted by atomic mass is 10.1. The summed E-state index contributed by atoms with van der Waals surface area (Å²) in [6, 6.07) is 13.9. The van der Waals surface area contributed by atoms with Crippen LogP contribution in [0.25, 0.3) is 0 Å². The van der Waals surface area contributed by atoms with Gasteiger partial charge >= 0.3 is 0 Å². The monoisotopic (exact) mass is 214 g/mol. The Hall–Kier alpha value is -1.84. The summed E-state index contributed by atoms with van der Waals surface area (Å²) in [6.45, 7) is 1.10. The van der Waals surface area contributed by atoms with Crippen molar-refractivity contribution in [3.8, 4) is 12.1 Å². The molecule has 3 nitrogen and oxygen atoms in total. The molecule has 0 unspecified atom stereocenters. The van der Waals surface area contributed by atoms with Gasteiger partial charge in [-0.2, -0.15) is 10.5 Å². The van der Waals surface area contributed by atoms with E-state index in [4.69, 9.17) is 15.3 Å². The van der Waals surface area contributed by atoms with E-state index in [0.29, 0.717) is 19.6 Å². The van der Waals surface area contributed by atoms with Crippen molar-refractivity contribution in [2.75, 3.05) is 13.2 Å². The summed E-state index contributed by atoms with van der Waals surface area (Å²) in [5.74, 6) is -0.545. The molecular weight excluding hydrogens is 200 g/mol. The molecule has 0 heterocycles. The molecule has 1 rings (SSSR count). The van der Waals surface area contributed by atoms with Crippen LogP contribution in [0.2, 0.25) is 0 Å². The van der Waals surface area contributed by atoms with Crippen molar-refractivity contribution in [3.05, 3.63) is 35.9 Å². The van der Waals surface area contributed by atoms with Gasteiger partial charge in [0.15, 0.2) is 0 Å². The summed E-state index contributed by atoms with van der Waals surface area (Å²) in [5, 5.41) is 17.1. The number of ether oxygens (including phenoxy) is 1. The summed E-state index contributed by atoms with van der Waals surface area (Å²) in [6.07, 6.45) is 1.35. The standard InChI is InChI=1S/C13H14N2O/c14-10-13(11-15)7-9-16-8-6-12-4-2-1-3-5-12/h1-5,13H,6-9H2. The smallest absolute Gasteiger partial charge is 0.135 e. The van der Waals surface area contributed by atoms with E-state index in [9.17, 15) is 0 Å². The van der Waals surface area contributed by atoms with Gasteiger partial charge in [-0.15, -0.1) is 0 Å². The minimum atomic E-state index is -0.545. The highest BCUT2D eigenvalue weighted by atomic mass is 16.5. The zero-order chi connectivity index (χ0) is 11.6. The lowest BCUT2D eigenvalue weighted by Crippen LogP contribution is -2.04. The van der Waals surface area contributed by atoms with Crippen molar-refractivity contribution < 1.29 is 4.74 Å². The molecule has 0 atom stereocenters. The first kappa shape index (κ1) is 12.2. The summed E-state index contributed by atoms with van der Waals surface area (Å²) in [5.41, 5.74) is 1.24. The Morgan fingerprint density at radius 3 is 2.38 bits per heavy atom. The number of rotatable bonds is 6. The van der Waals surface area contributed by atoms with E-state index >= 15 is 0 Å². The molecule has 1 aromatic carbocycles. The highest BCUT2D eigenvalue weighted by Crippen LogP contribution is 2.02. The third-order valence-corrected chi connectivity index (χ3v) is 2.24. The molecule has 0 bridgehead atoms. The van der Waals surface area contributed by atoms with Crippen molar-refractivity contribution in [3.63, 3.8) is 0 Å². The summed E-state index contributed by atoms with van der Waals surface area (Å²) in [4.78, 5) is 0. The van der Waals surface area contributed by atoms with Crippen LogP contribution < -0.4 is 0 Å². The average molecular weight is 214 g/mol. The molecule has 0 spiro atoms. The number of benzene rings is 1. The van der Waals surface area contributed by atoms with Gasteiger partial charge in [-0.25, -0.2) is 0 Å². The number of nitrogens with zero attached hydrogens (tertiary/aromatic N) is 2. The molecule has 0 aromatic heterocycles. The molecule has 0 amide bonds. The van der Waals surface area contributed by atoms with Gasteiger partial charge in [0.05, 0.1) is 18.7 Å². The van der Waals surface area contributed by atoms with Gasteiger partial charge in [0, 0.05) is 6.61 Å². The second kappa shape index (κ2) is 7.45. The number of hydrogen-bond acceptors (Lipinski definition) is 3. The van der Waals surface area contributed by atoms with Gasteiger partial charge in [-0.3, -0.25) is 0 Å². The molecule has 0 radical (unpaired) electrons. The van der Waals surface area contributed by atoms with Crippen LogP contribution in [0, 0.1) is 28.6 Å². The highest BCUT2D eigenvalue weighted by Gasteiger charge is 2.04. The largest absolute Gasteiger partial charge is 0.381 e. The summed E-state index contributed by atoms with van der Waals surface area (Å²) < 4.78 is 5.37. The molecule has 0 aliphatic carbocycles. The Balaban J connectivity index is 2.10. The van der Waals surface area contributed by atoms with Crippen molar-refractivity contribution in [1.29, 1.82) is 10.5 Å². The Labute approximate surface area is 95.9 Å². The SMILES string of the molecule is N#CC(C#N)CCOCCc1ccccc1. The maximum atomic E-state index is 8.53. The molecule has 16 heavy (non-hydrogen) atoms. The molecule has 0 aliphatic heterocycles. The van der Waals surface area contributed by atoms with E-state index < -0.39 is 5.92 Å². The van der Waals surface area contributed by atoms with E-state index in [0.717, 1.165) is 6.42 Å². The quantitative estimate of drug-likeness (QED) is 0.683. The van der Waals surface area contributed by atoms with Gasteiger partial charge in [-0.05, 0) is 18.4 Å². The van der Waals surface area contributed by atoms with E-state index in [2.05, 4.69) is 12.1 Å². The molecule has 0 saturated heterocycles. The minimum absolute atomic E-state index is 0.471. The van der Waals surface area contributed by atoms with Gasteiger partial charge in [0.25, 0.3) is 0 Å². The summed E-state index contributed by atoms with van der Waals surface area (Å²) >= 11 is 0. The van der Waals surface area contributed by atoms with E-state index in [1.807, 2.05) is 30.3 Å². The Kier molecular flexibility index (Phi) is 5.70. The number of nitriles is 2. The van der Waals surface area contributed by atoms with Gasteiger partial charge < -0.3 is 4.74 Å². The average Bonchev–Trinajstić information content (AvgIpc) is 2.35. The van der Waals surface area contributed by atoms with E-state index in [-0.39, 0.29) is 0 Å². The maximum Gasteiger partial charge on any atom is 0.135 e. The number of hydrogen-bond donors (Lipinski definition) is 0. The molecular formula is C13H14N2O. The van der Waals surface area contributed by atoms with Crippen LogP contribution in [0.1, 0.15) is 12.0 Å². The lowest BCUT2D eigenvalue weighted by Gasteiger charge is -2.04. The normalized spacial score (nSPS) is 9.69. The van der Waals surface area contributed by atoms with Crippen LogP contribution >= 0.6 is 0 Å². The fraction of sp³-hybridized carbons (Fsp3) is 0.385. The fourth-order valence-electron chi connectivity index (χ4n) is 1.30. The maximum absolute atomic E-state index is 8.53. The zero-order valence-electron chi connectivity index (χ0n) is 9.10. The van der Waals surface area contributed by atoms with E-state index in [1.165, 1.54) is 5.56 Å². The van der Waals surface area contributed by atoms with Crippen molar-refractivity contribution in [2.45, 2.75) is 12.8 Å². The summed E-state index contributed by atoms with van der Waals surface area (Å²) in [7, 11) is 0. The van der Waals surface area contributed by atoms with Gasteiger partial charge in [-0.1, -0.05) is 30.3 Å². The Morgan fingerprint density at radius 2 is 1.75 bits per heavy atom. The Morgan fingerprint density at radius 1 is 1.06 bits per heavy atom. The van der Waals surface area contributed by atoms with E-state index in [1.54, 1.807) is 0 Å². The fourth-order valence-corrected chi connectivity index (χ4v) is 1.30. The molecule has 0 aliphatic rings. The Bertz CT molecular complexity index is 361. The molecule has 3 heteroatoms. The van der Waals surface area contributed by atoms with Gasteiger partial charge in [0.2, 0.25) is 0 Å². The second-order valence-corrected chi connectivity index (χ2v) is 3.45. The van der Waals surface area contributed by atoms with Crippen LogP contribution in [0.4, 0.5) is 0 Å². The van der Waals surface area contributed by atoms with Crippen LogP contribution in [0.15, 0.2) is 30.3 Å². The molecule has 1 aromatic rings. The molecule has 82 valence electrons.